The second kappa shape index (κ2) is 21.8. The van der Waals surface area contributed by atoms with E-state index in [4.69, 9.17) is 5.41 Å². The Kier molecular flexibility index (Phi) is 20.6. The van der Waals surface area contributed by atoms with E-state index in [-0.39, 0.29) is 0 Å². The molecule has 0 spiro atoms. The lowest BCUT2D eigenvalue weighted by molar-refractivity contribution is 0.558. The molecule has 138 valence electrons. The van der Waals surface area contributed by atoms with Crippen molar-refractivity contribution in [2.24, 2.45) is 15.0 Å². The van der Waals surface area contributed by atoms with Crippen molar-refractivity contribution in [3.63, 3.8) is 0 Å². The first kappa shape index (κ1) is 22.8. The van der Waals surface area contributed by atoms with E-state index in [0.717, 1.165) is 45.3 Å². The van der Waals surface area contributed by atoms with Crippen LogP contribution in [0.2, 0.25) is 0 Å². The molecule has 24 heavy (non-hydrogen) atoms. The molecule has 0 aromatic rings. The SMILES string of the molecule is CCCCCCCCCCCCN=C=NCCCCCCN=C=N. The van der Waals surface area contributed by atoms with Crippen LogP contribution in [0.1, 0.15) is 96.8 Å². The molecule has 0 saturated heterocycles. The average molecular weight is 335 g/mol. The van der Waals surface area contributed by atoms with Gasteiger partial charge >= 0.3 is 0 Å². The van der Waals surface area contributed by atoms with Gasteiger partial charge in [0.1, 0.15) is 0 Å². The topological polar surface area (TPSA) is 60.9 Å². The Bertz CT molecular complexity index is 353. The maximum atomic E-state index is 6.66. The molecule has 0 radical (unpaired) electrons. The Morgan fingerprint density at radius 2 is 0.917 bits per heavy atom. The maximum absolute atomic E-state index is 6.66. The summed E-state index contributed by atoms with van der Waals surface area (Å²) in [5.74, 6) is 0. The van der Waals surface area contributed by atoms with Crippen molar-refractivity contribution in [2.75, 3.05) is 19.6 Å². The van der Waals surface area contributed by atoms with Crippen LogP contribution in [0.3, 0.4) is 0 Å². The van der Waals surface area contributed by atoms with Gasteiger partial charge in [-0.2, -0.15) is 0 Å². The standard InChI is InChI=1S/C20H38N4/c1-2-3-4-5-6-7-8-9-10-14-17-23-20-24-18-15-12-11-13-16-22-19-21/h21H,2-18H2,1H3. The summed E-state index contributed by atoms with van der Waals surface area (Å²) in [6.07, 6.45) is 18.1. The Morgan fingerprint density at radius 1 is 0.542 bits per heavy atom. The number of hydrogen-bond acceptors (Lipinski definition) is 4. The van der Waals surface area contributed by atoms with Gasteiger partial charge in [0.05, 0.1) is 12.0 Å². The summed E-state index contributed by atoms with van der Waals surface area (Å²) in [6, 6.07) is 4.88. The van der Waals surface area contributed by atoms with E-state index in [1.807, 2.05) is 0 Å². The zero-order valence-electron chi connectivity index (χ0n) is 15.9. The van der Waals surface area contributed by atoms with Crippen LogP contribution in [-0.2, 0) is 0 Å². The van der Waals surface area contributed by atoms with Gasteiger partial charge in [0, 0.05) is 19.6 Å². The molecule has 0 bridgehead atoms. The van der Waals surface area contributed by atoms with Crippen molar-refractivity contribution >= 4 is 12.0 Å². The second-order valence-electron chi connectivity index (χ2n) is 6.45. The summed E-state index contributed by atoms with van der Waals surface area (Å²) in [7, 11) is 0. The first-order chi connectivity index (χ1) is 11.9. The number of aliphatic imine (C=N–C) groups is 3. The van der Waals surface area contributed by atoms with Crippen LogP contribution < -0.4 is 0 Å². The van der Waals surface area contributed by atoms with Gasteiger partial charge in [-0.1, -0.05) is 77.6 Å². The highest BCUT2D eigenvalue weighted by Gasteiger charge is 1.92. The monoisotopic (exact) mass is 334 g/mol. The van der Waals surface area contributed by atoms with Crippen LogP contribution in [0, 0.1) is 5.41 Å². The molecule has 0 unspecified atom stereocenters. The van der Waals surface area contributed by atoms with E-state index in [1.165, 1.54) is 64.2 Å². The van der Waals surface area contributed by atoms with Crippen molar-refractivity contribution < 1.29 is 0 Å². The first-order valence-electron chi connectivity index (χ1n) is 10.1. The lowest BCUT2D eigenvalue weighted by Crippen LogP contribution is -1.85. The zero-order chi connectivity index (χ0) is 17.6. The predicted molar refractivity (Wildman–Crippen MR) is 105 cm³/mol. The highest BCUT2D eigenvalue weighted by Crippen LogP contribution is 2.10. The van der Waals surface area contributed by atoms with Crippen LogP contribution in [0.25, 0.3) is 0 Å². The van der Waals surface area contributed by atoms with Crippen LogP contribution in [0.5, 0.6) is 0 Å². The number of nitrogens with zero attached hydrogens (tertiary/aromatic N) is 3. The zero-order valence-corrected chi connectivity index (χ0v) is 15.9. The quantitative estimate of drug-likeness (QED) is 0.223. The van der Waals surface area contributed by atoms with Crippen LogP contribution in [0.4, 0.5) is 0 Å². The third-order valence-electron chi connectivity index (χ3n) is 4.13. The van der Waals surface area contributed by atoms with E-state index in [9.17, 15) is 0 Å². The number of rotatable bonds is 18. The molecule has 0 aliphatic carbocycles. The Balaban J connectivity index is 3.18. The molecule has 0 rings (SSSR count). The molecule has 1 N–H and O–H groups in total. The Labute approximate surface area is 149 Å². The molecule has 0 heterocycles. The molecule has 0 aliphatic heterocycles. The van der Waals surface area contributed by atoms with Crippen molar-refractivity contribution in [3.8, 4) is 0 Å². The highest BCUT2D eigenvalue weighted by molar-refractivity contribution is 5.40. The molecule has 0 aromatic carbocycles. The summed E-state index contributed by atoms with van der Waals surface area (Å²) in [5, 5.41) is 6.66. The Hall–Kier alpha value is -1.24. The minimum absolute atomic E-state index is 0.729. The lowest BCUT2D eigenvalue weighted by Gasteiger charge is -2.00. The van der Waals surface area contributed by atoms with Gasteiger partial charge in [-0.3, -0.25) is 0 Å². The van der Waals surface area contributed by atoms with Crippen molar-refractivity contribution in [2.45, 2.75) is 96.8 Å². The molecule has 4 nitrogen and oxygen atoms in total. The average Bonchev–Trinajstić information content (AvgIpc) is 2.60. The van der Waals surface area contributed by atoms with Crippen molar-refractivity contribution in [3.05, 3.63) is 0 Å². The smallest absolute Gasteiger partial charge is 0.0892 e. The molecule has 0 saturated carbocycles. The third kappa shape index (κ3) is 20.8. The molecule has 0 amide bonds. The van der Waals surface area contributed by atoms with E-state index in [1.54, 1.807) is 0 Å². The second-order valence-corrected chi connectivity index (χ2v) is 6.45. The fraction of sp³-hybridized carbons (Fsp3) is 0.900. The molecule has 0 aliphatic rings. The molecule has 0 fully saturated rings. The summed E-state index contributed by atoms with van der Waals surface area (Å²) in [4.78, 5) is 12.2. The van der Waals surface area contributed by atoms with Crippen LogP contribution in [-0.4, -0.2) is 31.7 Å². The molecule has 0 atom stereocenters. The van der Waals surface area contributed by atoms with E-state index >= 15 is 0 Å². The van der Waals surface area contributed by atoms with Gasteiger partial charge in [0.2, 0.25) is 0 Å². The first-order valence-corrected chi connectivity index (χ1v) is 10.1. The van der Waals surface area contributed by atoms with E-state index in [2.05, 4.69) is 33.9 Å². The maximum Gasteiger partial charge on any atom is 0.0892 e. The van der Waals surface area contributed by atoms with Gasteiger partial charge in [0.15, 0.2) is 0 Å². The largest absolute Gasteiger partial charge is 0.242 e. The fourth-order valence-electron chi connectivity index (χ4n) is 2.62. The van der Waals surface area contributed by atoms with Crippen LogP contribution >= 0.6 is 0 Å². The van der Waals surface area contributed by atoms with Crippen molar-refractivity contribution in [1.82, 2.24) is 0 Å². The van der Waals surface area contributed by atoms with Crippen LogP contribution in [0.15, 0.2) is 15.0 Å². The van der Waals surface area contributed by atoms with Gasteiger partial charge in [-0.15, -0.1) is 0 Å². The predicted octanol–water partition coefficient (Wildman–Crippen LogP) is 6.39. The molecule has 0 aromatic heterocycles. The van der Waals surface area contributed by atoms with Crippen molar-refractivity contribution in [1.29, 1.82) is 5.41 Å². The van der Waals surface area contributed by atoms with E-state index < -0.39 is 0 Å². The lowest BCUT2D eigenvalue weighted by atomic mass is 10.1. The summed E-state index contributed by atoms with van der Waals surface area (Å²) in [5.41, 5.74) is 0. The highest BCUT2D eigenvalue weighted by atomic mass is 14.8. The molecular formula is C20H38N4. The number of hydrogen-bond donors (Lipinski definition) is 1. The van der Waals surface area contributed by atoms with E-state index in [0.29, 0.717) is 0 Å². The number of nitrogens with one attached hydrogen (secondary N) is 1. The van der Waals surface area contributed by atoms with Gasteiger partial charge in [-0.05, 0) is 19.3 Å². The minimum Gasteiger partial charge on any atom is -0.242 e. The third-order valence-corrected chi connectivity index (χ3v) is 4.13. The summed E-state index contributed by atoms with van der Waals surface area (Å²) in [6.45, 7) is 4.70. The van der Waals surface area contributed by atoms with Gasteiger partial charge in [0.25, 0.3) is 0 Å². The fourth-order valence-corrected chi connectivity index (χ4v) is 2.62. The van der Waals surface area contributed by atoms with Gasteiger partial charge < -0.3 is 0 Å². The summed E-state index contributed by atoms with van der Waals surface area (Å²) < 4.78 is 0. The molecule has 4 heteroatoms. The minimum atomic E-state index is 0.729. The Morgan fingerprint density at radius 3 is 1.33 bits per heavy atom. The summed E-state index contributed by atoms with van der Waals surface area (Å²) >= 11 is 0. The molecular weight excluding hydrogens is 296 g/mol. The van der Waals surface area contributed by atoms with Gasteiger partial charge in [-0.25, -0.2) is 20.4 Å². The number of unbranched alkanes of at least 4 members (excludes halogenated alkanes) is 12. The normalized spacial score (nSPS) is 10.0.